The zero-order valence-electron chi connectivity index (χ0n) is 16.9. The van der Waals surface area contributed by atoms with E-state index in [1.807, 2.05) is 30.0 Å². The third-order valence-electron chi connectivity index (χ3n) is 5.15. The second-order valence-corrected chi connectivity index (χ2v) is 7.36. The molecule has 1 N–H and O–H groups in total. The summed E-state index contributed by atoms with van der Waals surface area (Å²) in [5.41, 5.74) is 2.24. The molecule has 3 heterocycles. The number of rotatable bonds is 6. The van der Waals surface area contributed by atoms with E-state index in [0.29, 0.717) is 23.8 Å². The third kappa shape index (κ3) is 4.45. The first-order chi connectivity index (χ1) is 14.6. The number of anilines is 2. The molecule has 0 radical (unpaired) electrons. The van der Waals surface area contributed by atoms with E-state index in [9.17, 15) is 9.18 Å². The second-order valence-electron chi connectivity index (χ2n) is 7.36. The minimum Gasteiger partial charge on any atom is -0.340 e. The highest BCUT2D eigenvalue weighted by molar-refractivity contribution is 5.77. The SMILES string of the molecule is CCCC(=O)N1CCC[C@@H]1c1nc(Nc2cccc(F)c2)cc(-c2ccncc2)n1. The summed E-state index contributed by atoms with van der Waals surface area (Å²) in [5.74, 6) is 0.977. The van der Waals surface area contributed by atoms with Crippen molar-refractivity contribution in [3.05, 3.63) is 66.5 Å². The van der Waals surface area contributed by atoms with Gasteiger partial charge in [0.1, 0.15) is 11.6 Å². The maximum absolute atomic E-state index is 13.6. The van der Waals surface area contributed by atoms with Crippen LogP contribution in [-0.2, 0) is 4.79 Å². The lowest BCUT2D eigenvalue weighted by molar-refractivity contribution is -0.132. The van der Waals surface area contributed by atoms with E-state index < -0.39 is 0 Å². The highest BCUT2D eigenvalue weighted by Crippen LogP contribution is 2.33. The molecular weight excluding hydrogens is 381 g/mol. The number of nitrogens with zero attached hydrogens (tertiary/aromatic N) is 4. The van der Waals surface area contributed by atoms with Crippen LogP contribution in [0.2, 0.25) is 0 Å². The molecular formula is C23H24FN5O. The third-order valence-corrected chi connectivity index (χ3v) is 5.15. The first kappa shape index (κ1) is 19.9. The first-order valence-corrected chi connectivity index (χ1v) is 10.3. The molecule has 30 heavy (non-hydrogen) atoms. The Labute approximate surface area is 175 Å². The van der Waals surface area contributed by atoms with Crippen LogP contribution in [0.3, 0.4) is 0 Å². The monoisotopic (exact) mass is 405 g/mol. The fraction of sp³-hybridized carbons (Fsp3) is 0.304. The smallest absolute Gasteiger partial charge is 0.223 e. The Morgan fingerprint density at radius 2 is 2.03 bits per heavy atom. The van der Waals surface area contributed by atoms with Gasteiger partial charge in [0.15, 0.2) is 5.82 Å². The van der Waals surface area contributed by atoms with Crippen molar-refractivity contribution in [2.24, 2.45) is 0 Å². The molecule has 1 fully saturated rings. The van der Waals surface area contributed by atoms with E-state index >= 15 is 0 Å². The number of pyridine rings is 1. The van der Waals surface area contributed by atoms with Crippen molar-refractivity contribution in [3.8, 4) is 11.3 Å². The fourth-order valence-corrected chi connectivity index (χ4v) is 3.75. The lowest BCUT2D eigenvalue weighted by Gasteiger charge is -2.24. The van der Waals surface area contributed by atoms with E-state index in [4.69, 9.17) is 9.97 Å². The van der Waals surface area contributed by atoms with E-state index in [1.165, 1.54) is 12.1 Å². The van der Waals surface area contributed by atoms with Crippen molar-refractivity contribution in [1.82, 2.24) is 19.9 Å². The molecule has 7 heteroatoms. The summed E-state index contributed by atoms with van der Waals surface area (Å²) in [4.78, 5) is 28.1. The van der Waals surface area contributed by atoms with Gasteiger partial charge in [0.05, 0.1) is 11.7 Å². The van der Waals surface area contributed by atoms with Crippen LogP contribution in [-0.4, -0.2) is 32.3 Å². The van der Waals surface area contributed by atoms with Gasteiger partial charge >= 0.3 is 0 Å². The van der Waals surface area contributed by atoms with Crippen molar-refractivity contribution in [3.63, 3.8) is 0 Å². The van der Waals surface area contributed by atoms with Gasteiger partial charge in [0.25, 0.3) is 0 Å². The van der Waals surface area contributed by atoms with Crippen LogP contribution in [0.1, 0.15) is 44.5 Å². The zero-order valence-corrected chi connectivity index (χ0v) is 16.9. The number of carbonyl (C=O) groups excluding carboxylic acids is 1. The van der Waals surface area contributed by atoms with Gasteiger partial charge in [-0.15, -0.1) is 0 Å². The molecule has 3 aromatic rings. The van der Waals surface area contributed by atoms with Crippen LogP contribution < -0.4 is 5.32 Å². The highest BCUT2D eigenvalue weighted by atomic mass is 19.1. The van der Waals surface area contributed by atoms with Crippen molar-refractivity contribution in [1.29, 1.82) is 0 Å². The number of hydrogen-bond acceptors (Lipinski definition) is 5. The van der Waals surface area contributed by atoms with Gasteiger partial charge in [0, 0.05) is 42.7 Å². The molecule has 1 aromatic carbocycles. The van der Waals surface area contributed by atoms with Crippen LogP contribution in [0.25, 0.3) is 11.3 Å². The van der Waals surface area contributed by atoms with E-state index in [0.717, 1.165) is 37.1 Å². The predicted molar refractivity (Wildman–Crippen MR) is 114 cm³/mol. The van der Waals surface area contributed by atoms with Crippen LogP contribution in [0.5, 0.6) is 0 Å². The summed E-state index contributed by atoms with van der Waals surface area (Å²) >= 11 is 0. The minimum atomic E-state index is -0.323. The Balaban J connectivity index is 1.73. The molecule has 1 saturated heterocycles. The van der Waals surface area contributed by atoms with Crippen molar-refractivity contribution < 1.29 is 9.18 Å². The number of nitrogens with one attached hydrogen (secondary N) is 1. The number of aromatic nitrogens is 3. The first-order valence-electron chi connectivity index (χ1n) is 10.3. The number of likely N-dealkylation sites (tertiary alicyclic amines) is 1. The lowest BCUT2D eigenvalue weighted by Crippen LogP contribution is -2.31. The molecule has 154 valence electrons. The van der Waals surface area contributed by atoms with E-state index in [-0.39, 0.29) is 17.8 Å². The fourth-order valence-electron chi connectivity index (χ4n) is 3.75. The van der Waals surface area contributed by atoms with Gasteiger partial charge in [-0.25, -0.2) is 14.4 Å². The molecule has 1 aliphatic heterocycles. The average Bonchev–Trinajstić information content (AvgIpc) is 3.25. The predicted octanol–water partition coefficient (Wildman–Crippen LogP) is 4.88. The summed E-state index contributed by atoms with van der Waals surface area (Å²) in [7, 11) is 0. The molecule has 1 amide bonds. The summed E-state index contributed by atoms with van der Waals surface area (Å²) in [5, 5.41) is 3.18. The summed E-state index contributed by atoms with van der Waals surface area (Å²) in [6, 6.07) is 11.7. The van der Waals surface area contributed by atoms with E-state index in [2.05, 4.69) is 10.3 Å². The van der Waals surface area contributed by atoms with Crippen molar-refractivity contribution in [2.45, 2.75) is 38.6 Å². The summed E-state index contributed by atoms with van der Waals surface area (Å²) < 4.78 is 13.6. The van der Waals surface area contributed by atoms with Gasteiger partial charge in [-0.3, -0.25) is 9.78 Å². The molecule has 1 aliphatic rings. The van der Waals surface area contributed by atoms with Gasteiger partial charge in [0.2, 0.25) is 5.91 Å². The molecule has 0 bridgehead atoms. The van der Waals surface area contributed by atoms with Crippen molar-refractivity contribution in [2.75, 3.05) is 11.9 Å². The normalized spacial score (nSPS) is 15.9. The Morgan fingerprint density at radius 3 is 2.80 bits per heavy atom. The van der Waals surface area contributed by atoms with Gasteiger partial charge in [-0.2, -0.15) is 0 Å². The minimum absolute atomic E-state index is 0.137. The number of amides is 1. The molecule has 0 saturated carbocycles. The number of halogens is 1. The van der Waals surface area contributed by atoms with Crippen LogP contribution in [0, 0.1) is 5.82 Å². The van der Waals surface area contributed by atoms with Crippen LogP contribution in [0.15, 0.2) is 54.9 Å². The largest absolute Gasteiger partial charge is 0.340 e. The maximum atomic E-state index is 13.6. The highest BCUT2D eigenvalue weighted by Gasteiger charge is 2.32. The average molecular weight is 405 g/mol. The van der Waals surface area contributed by atoms with Gasteiger partial charge in [-0.05, 0) is 49.6 Å². The molecule has 2 aromatic heterocycles. The molecule has 0 aliphatic carbocycles. The Hall–Kier alpha value is -3.35. The molecule has 4 rings (SSSR count). The number of benzene rings is 1. The zero-order chi connectivity index (χ0) is 20.9. The van der Waals surface area contributed by atoms with Crippen LogP contribution >= 0.6 is 0 Å². The number of carbonyl (C=O) groups is 1. The second kappa shape index (κ2) is 8.98. The maximum Gasteiger partial charge on any atom is 0.223 e. The lowest BCUT2D eigenvalue weighted by atomic mass is 10.1. The van der Waals surface area contributed by atoms with E-state index in [1.54, 1.807) is 24.5 Å². The topological polar surface area (TPSA) is 71.0 Å². The summed E-state index contributed by atoms with van der Waals surface area (Å²) in [6.45, 7) is 2.73. The standard InChI is InChI=1S/C23H24FN5O/c1-2-5-22(30)29-13-4-8-20(29)23-27-19(16-9-11-25-12-10-16)15-21(28-23)26-18-7-3-6-17(24)14-18/h3,6-7,9-12,14-15,20H,2,4-5,8,13H2,1H3,(H,26,27,28)/t20-/m1/s1. The van der Waals surface area contributed by atoms with Crippen molar-refractivity contribution >= 4 is 17.4 Å². The van der Waals surface area contributed by atoms with Gasteiger partial charge < -0.3 is 10.2 Å². The molecule has 1 atom stereocenters. The molecule has 6 nitrogen and oxygen atoms in total. The van der Waals surface area contributed by atoms with Gasteiger partial charge in [-0.1, -0.05) is 13.0 Å². The summed E-state index contributed by atoms with van der Waals surface area (Å²) in [6.07, 6.45) is 6.51. The Morgan fingerprint density at radius 1 is 1.20 bits per heavy atom. The Kier molecular flexibility index (Phi) is 5.97. The molecule has 0 unspecified atom stereocenters. The molecule has 0 spiro atoms. The number of hydrogen-bond donors (Lipinski definition) is 1. The quantitative estimate of drug-likeness (QED) is 0.633. The Bertz CT molecular complexity index is 1030. The van der Waals surface area contributed by atoms with Crippen LogP contribution in [0.4, 0.5) is 15.9 Å².